The number of nitrogens with two attached hydrogens (primary N) is 1. The van der Waals surface area contributed by atoms with Gasteiger partial charge in [0.15, 0.2) is 0 Å². The molecule has 1 aliphatic rings. The first-order valence-electron chi connectivity index (χ1n) is 7.58. The highest BCUT2D eigenvalue weighted by atomic mass is 35.5. The molecular formula is C16H20ClN5. The van der Waals surface area contributed by atoms with Crippen molar-refractivity contribution in [3.63, 3.8) is 0 Å². The van der Waals surface area contributed by atoms with Gasteiger partial charge in [0.05, 0.1) is 0 Å². The van der Waals surface area contributed by atoms with Gasteiger partial charge in [0.1, 0.15) is 5.82 Å². The summed E-state index contributed by atoms with van der Waals surface area (Å²) >= 11 is 6.08. The van der Waals surface area contributed by atoms with Crippen LogP contribution in [0.25, 0.3) is 11.1 Å². The lowest BCUT2D eigenvalue weighted by Gasteiger charge is -2.24. The van der Waals surface area contributed by atoms with E-state index in [0.717, 1.165) is 30.0 Å². The van der Waals surface area contributed by atoms with E-state index in [9.17, 15) is 0 Å². The van der Waals surface area contributed by atoms with Crippen LogP contribution in [0.5, 0.6) is 0 Å². The molecule has 0 saturated carbocycles. The molecule has 2 heterocycles. The lowest BCUT2D eigenvalue weighted by molar-refractivity contribution is 0.414. The van der Waals surface area contributed by atoms with E-state index >= 15 is 0 Å². The Kier molecular flexibility index (Phi) is 4.75. The molecule has 0 radical (unpaired) electrons. The van der Waals surface area contributed by atoms with E-state index in [1.54, 1.807) is 6.20 Å². The molecule has 2 aromatic rings. The first kappa shape index (κ1) is 15.1. The van der Waals surface area contributed by atoms with Gasteiger partial charge in [-0.05, 0) is 37.1 Å². The Balaban J connectivity index is 1.81. The van der Waals surface area contributed by atoms with E-state index in [1.807, 2.05) is 24.3 Å². The van der Waals surface area contributed by atoms with Crippen LogP contribution in [0.1, 0.15) is 19.3 Å². The van der Waals surface area contributed by atoms with Crippen molar-refractivity contribution in [1.29, 1.82) is 0 Å². The highest BCUT2D eigenvalue weighted by Crippen LogP contribution is 2.28. The summed E-state index contributed by atoms with van der Waals surface area (Å²) in [4.78, 5) is 8.46. The van der Waals surface area contributed by atoms with Crippen LogP contribution in [0.4, 0.5) is 11.8 Å². The fourth-order valence-electron chi connectivity index (χ4n) is 2.72. The molecule has 116 valence electrons. The van der Waals surface area contributed by atoms with Gasteiger partial charge in [0.2, 0.25) is 5.95 Å². The number of benzene rings is 1. The van der Waals surface area contributed by atoms with Crippen LogP contribution >= 0.6 is 11.6 Å². The molecule has 1 atom stereocenters. The molecule has 1 saturated heterocycles. The van der Waals surface area contributed by atoms with Crippen molar-refractivity contribution in [3.8, 4) is 11.1 Å². The minimum Gasteiger partial charge on any atom is -0.368 e. The Morgan fingerprint density at radius 2 is 2.27 bits per heavy atom. The fourth-order valence-corrected chi connectivity index (χ4v) is 2.91. The molecule has 0 bridgehead atoms. The Hall–Kier alpha value is -1.85. The van der Waals surface area contributed by atoms with E-state index in [1.165, 1.54) is 19.3 Å². The van der Waals surface area contributed by atoms with E-state index in [-0.39, 0.29) is 5.95 Å². The van der Waals surface area contributed by atoms with Gasteiger partial charge in [-0.15, -0.1) is 0 Å². The van der Waals surface area contributed by atoms with Crippen molar-refractivity contribution in [3.05, 3.63) is 35.5 Å². The van der Waals surface area contributed by atoms with Crippen LogP contribution in [-0.4, -0.2) is 29.1 Å². The summed E-state index contributed by atoms with van der Waals surface area (Å²) in [5.74, 6) is 1.02. The van der Waals surface area contributed by atoms with E-state index in [2.05, 4.69) is 20.6 Å². The fraction of sp³-hybridized carbons (Fsp3) is 0.375. The van der Waals surface area contributed by atoms with Gasteiger partial charge in [0, 0.05) is 29.4 Å². The predicted octanol–water partition coefficient (Wildman–Crippen LogP) is 2.93. The zero-order valence-corrected chi connectivity index (χ0v) is 13.1. The largest absolute Gasteiger partial charge is 0.368 e. The number of piperidine rings is 1. The molecule has 5 nitrogen and oxygen atoms in total. The SMILES string of the molecule is Nc1ncc(-c2cccc(Cl)c2)c(NCC2CCCCN2)n1. The molecule has 0 amide bonds. The summed E-state index contributed by atoms with van der Waals surface area (Å²) in [5.41, 5.74) is 7.63. The maximum atomic E-state index is 6.08. The van der Waals surface area contributed by atoms with Gasteiger partial charge >= 0.3 is 0 Å². The number of rotatable bonds is 4. The monoisotopic (exact) mass is 317 g/mol. The van der Waals surface area contributed by atoms with Crippen molar-refractivity contribution in [1.82, 2.24) is 15.3 Å². The van der Waals surface area contributed by atoms with Gasteiger partial charge in [0.25, 0.3) is 0 Å². The van der Waals surface area contributed by atoms with Crippen molar-refractivity contribution >= 4 is 23.4 Å². The molecule has 1 unspecified atom stereocenters. The van der Waals surface area contributed by atoms with E-state index in [4.69, 9.17) is 17.3 Å². The van der Waals surface area contributed by atoms with Gasteiger partial charge in [-0.25, -0.2) is 4.98 Å². The average molecular weight is 318 g/mol. The third-order valence-corrected chi connectivity index (χ3v) is 4.11. The molecular weight excluding hydrogens is 298 g/mol. The number of nitrogen functional groups attached to an aromatic ring is 1. The van der Waals surface area contributed by atoms with Gasteiger partial charge in [-0.3, -0.25) is 0 Å². The van der Waals surface area contributed by atoms with Crippen LogP contribution in [0.15, 0.2) is 30.5 Å². The lowest BCUT2D eigenvalue weighted by atomic mass is 10.0. The number of anilines is 2. The van der Waals surface area contributed by atoms with Crippen LogP contribution in [0, 0.1) is 0 Å². The third kappa shape index (κ3) is 3.67. The maximum Gasteiger partial charge on any atom is 0.221 e. The third-order valence-electron chi connectivity index (χ3n) is 3.87. The summed E-state index contributed by atoms with van der Waals surface area (Å²) < 4.78 is 0. The van der Waals surface area contributed by atoms with Crippen LogP contribution in [-0.2, 0) is 0 Å². The molecule has 0 spiro atoms. The number of hydrogen-bond acceptors (Lipinski definition) is 5. The molecule has 1 aromatic carbocycles. The smallest absolute Gasteiger partial charge is 0.221 e. The molecule has 1 fully saturated rings. The lowest BCUT2D eigenvalue weighted by Crippen LogP contribution is -2.39. The van der Waals surface area contributed by atoms with Gasteiger partial charge < -0.3 is 16.4 Å². The van der Waals surface area contributed by atoms with E-state index in [0.29, 0.717) is 11.1 Å². The van der Waals surface area contributed by atoms with Crippen molar-refractivity contribution < 1.29 is 0 Å². The first-order valence-corrected chi connectivity index (χ1v) is 7.96. The molecule has 4 N–H and O–H groups in total. The highest BCUT2D eigenvalue weighted by molar-refractivity contribution is 6.30. The Morgan fingerprint density at radius 1 is 1.36 bits per heavy atom. The highest BCUT2D eigenvalue weighted by Gasteiger charge is 2.14. The number of nitrogens with one attached hydrogen (secondary N) is 2. The second-order valence-corrected chi connectivity index (χ2v) is 5.96. The van der Waals surface area contributed by atoms with Gasteiger partial charge in [-0.2, -0.15) is 4.98 Å². The summed E-state index contributed by atoms with van der Waals surface area (Å²) in [6.45, 7) is 1.91. The molecule has 6 heteroatoms. The number of nitrogens with zero attached hydrogens (tertiary/aromatic N) is 2. The van der Waals surface area contributed by atoms with Crippen LogP contribution in [0.2, 0.25) is 5.02 Å². The minimum atomic E-state index is 0.268. The standard InChI is InChI=1S/C16H20ClN5/c17-12-5-3-4-11(8-12)14-10-21-16(18)22-15(14)20-9-13-6-1-2-7-19-13/h3-5,8,10,13,19H,1-2,6-7,9H2,(H3,18,20,21,22). The summed E-state index contributed by atoms with van der Waals surface area (Å²) in [7, 11) is 0. The predicted molar refractivity (Wildman–Crippen MR) is 91.0 cm³/mol. The summed E-state index contributed by atoms with van der Waals surface area (Å²) in [6, 6.07) is 8.13. The summed E-state index contributed by atoms with van der Waals surface area (Å²) in [6.07, 6.45) is 5.45. The quantitative estimate of drug-likeness (QED) is 0.808. The zero-order valence-electron chi connectivity index (χ0n) is 12.3. The second-order valence-electron chi connectivity index (χ2n) is 5.53. The second kappa shape index (κ2) is 6.94. The Morgan fingerprint density at radius 3 is 3.05 bits per heavy atom. The number of halogens is 1. The van der Waals surface area contributed by atoms with Crippen LogP contribution < -0.4 is 16.4 Å². The Labute approximate surface area is 135 Å². The zero-order chi connectivity index (χ0) is 15.4. The van der Waals surface area contributed by atoms with Crippen molar-refractivity contribution in [2.24, 2.45) is 0 Å². The average Bonchev–Trinajstić information content (AvgIpc) is 2.54. The maximum absolute atomic E-state index is 6.08. The first-order chi connectivity index (χ1) is 10.7. The Bertz CT molecular complexity index is 640. The number of aromatic nitrogens is 2. The molecule has 0 aliphatic carbocycles. The molecule has 3 rings (SSSR count). The van der Waals surface area contributed by atoms with E-state index < -0.39 is 0 Å². The number of hydrogen-bond donors (Lipinski definition) is 3. The summed E-state index contributed by atoms with van der Waals surface area (Å²) in [5, 5.41) is 7.61. The van der Waals surface area contributed by atoms with Gasteiger partial charge in [-0.1, -0.05) is 30.2 Å². The minimum absolute atomic E-state index is 0.268. The molecule has 22 heavy (non-hydrogen) atoms. The molecule has 1 aliphatic heterocycles. The topological polar surface area (TPSA) is 75.9 Å². The van der Waals surface area contributed by atoms with Crippen molar-refractivity contribution in [2.75, 3.05) is 24.1 Å². The van der Waals surface area contributed by atoms with Crippen molar-refractivity contribution in [2.45, 2.75) is 25.3 Å². The normalized spacial score (nSPS) is 18.1. The van der Waals surface area contributed by atoms with Crippen LogP contribution in [0.3, 0.4) is 0 Å². The molecule has 1 aromatic heterocycles.